The molecule has 1 fully saturated rings. The summed E-state index contributed by atoms with van der Waals surface area (Å²) in [6, 6.07) is 15.6. The minimum Gasteiger partial charge on any atom is -0.445 e. The largest absolute Gasteiger partial charge is 0.445 e. The molecule has 45 heavy (non-hydrogen) atoms. The summed E-state index contributed by atoms with van der Waals surface area (Å²) in [7, 11) is 0. The van der Waals surface area contributed by atoms with E-state index in [1.54, 1.807) is 0 Å². The van der Waals surface area contributed by atoms with Gasteiger partial charge in [-0.25, -0.2) is 4.79 Å². The number of rotatable bonds is 22. The molecule has 0 saturated carbocycles. The van der Waals surface area contributed by atoms with Gasteiger partial charge in [0.05, 0.1) is 18.8 Å². The Morgan fingerprint density at radius 3 is 2.02 bits per heavy atom. The van der Waals surface area contributed by atoms with Crippen LogP contribution in [0.15, 0.2) is 61.2 Å². The standard InChI is InChI=1S/C38H58N2O5/c1-4-7-9-11-13-15-25-40(26-16-14-12-10-8-5-2)29-35-28-36(32-19-17-31(30-41)18-20-32)45-37(44-35)33-21-23-34(24-22-33)39-38(42)43-27-6-3/h6,17-24,35-37,41H,3-5,7-16,25-30H2,1-2H3,(H,39,42)/t35-,36+,37+/m0/s1. The number of anilines is 1. The van der Waals surface area contributed by atoms with E-state index in [9.17, 15) is 9.90 Å². The number of carbonyl (C=O) groups is 1. The third-order valence-electron chi connectivity index (χ3n) is 8.49. The summed E-state index contributed by atoms with van der Waals surface area (Å²) >= 11 is 0. The second-order valence-corrected chi connectivity index (χ2v) is 12.3. The van der Waals surface area contributed by atoms with Crippen LogP contribution in [0.4, 0.5) is 10.5 Å². The first-order chi connectivity index (χ1) is 22.1. The zero-order valence-electron chi connectivity index (χ0n) is 27.9. The number of aliphatic hydroxyl groups is 1. The Bertz CT molecular complexity index is 1060. The molecule has 0 unspecified atom stereocenters. The molecule has 1 aliphatic heterocycles. The highest BCUT2D eigenvalue weighted by molar-refractivity contribution is 5.84. The molecule has 1 saturated heterocycles. The summed E-state index contributed by atoms with van der Waals surface area (Å²) in [6.45, 7) is 11.4. The Morgan fingerprint density at radius 2 is 1.44 bits per heavy atom. The summed E-state index contributed by atoms with van der Waals surface area (Å²) in [5.74, 6) is 0. The Morgan fingerprint density at radius 1 is 0.867 bits per heavy atom. The zero-order valence-corrected chi connectivity index (χ0v) is 27.9. The van der Waals surface area contributed by atoms with Gasteiger partial charge in [-0.2, -0.15) is 0 Å². The van der Waals surface area contributed by atoms with Crippen LogP contribution in [0.5, 0.6) is 0 Å². The Balaban J connectivity index is 1.70. The topological polar surface area (TPSA) is 80.3 Å². The quantitative estimate of drug-likeness (QED) is 0.101. The van der Waals surface area contributed by atoms with Crippen LogP contribution in [0.25, 0.3) is 0 Å². The van der Waals surface area contributed by atoms with E-state index < -0.39 is 12.4 Å². The summed E-state index contributed by atoms with van der Waals surface area (Å²) < 4.78 is 18.3. The second-order valence-electron chi connectivity index (χ2n) is 12.3. The van der Waals surface area contributed by atoms with Crippen LogP contribution in [0.2, 0.25) is 0 Å². The van der Waals surface area contributed by atoms with Gasteiger partial charge in [-0.3, -0.25) is 5.32 Å². The average molecular weight is 623 g/mol. The normalized spacial score (nSPS) is 18.2. The Hall–Kier alpha value is -2.71. The van der Waals surface area contributed by atoms with Crippen LogP contribution in [0.3, 0.4) is 0 Å². The summed E-state index contributed by atoms with van der Waals surface area (Å²) in [5.41, 5.74) is 3.52. The lowest BCUT2D eigenvalue weighted by atomic mass is 9.99. The molecule has 3 atom stereocenters. The predicted molar refractivity (Wildman–Crippen MR) is 183 cm³/mol. The Labute approximate surface area is 272 Å². The van der Waals surface area contributed by atoms with Gasteiger partial charge in [-0.05, 0) is 49.2 Å². The fraction of sp³-hybridized carbons (Fsp3) is 0.605. The van der Waals surface area contributed by atoms with Crippen molar-refractivity contribution in [3.63, 3.8) is 0 Å². The molecule has 0 bridgehead atoms. The highest BCUT2D eigenvalue weighted by Gasteiger charge is 2.33. The van der Waals surface area contributed by atoms with Gasteiger partial charge in [0.1, 0.15) is 6.61 Å². The van der Waals surface area contributed by atoms with Crippen LogP contribution in [0.1, 0.15) is 126 Å². The van der Waals surface area contributed by atoms with E-state index >= 15 is 0 Å². The van der Waals surface area contributed by atoms with Gasteiger partial charge >= 0.3 is 6.09 Å². The van der Waals surface area contributed by atoms with E-state index in [-0.39, 0.29) is 25.4 Å². The van der Waals surface area contributed by atoms with Crippen molar-refractivity contribution in [2.24, 2.45) is 0 Å². The molecule has 0 spiro atoms. The monoisotopic (exact) mass is 622 g/mol. The van der Waals surface area contributed by atoms with Gasteiger partial charge in [0.25, 0.3) is 0 Å². The van der Waals surface area contributed by atoms with E-state index in [0.717, 1.165) is 42.7 Å². The lowest BCUT2D eigenvalue weighted by Gasteiger charge is -2.38. The van der Waals surface area contributed by atoms with Crippen molar-refractivity contribution < 1.29 is 24.1 Å². The van der Waals surface area contributed by atoms with Crippen molar-refractivity contribution in [1.29, 1.82) is 0 Å². The Kier molecular flexibility index (Phi) is 17.9. The van der Waals surface area contributed by atoms with Crippen LogP contribution in [0, 0.1) is 0 Å². The SMILES string of the molecule is C=CCOC(=O)Nc1ccc([C@@H]2O[C@H](CN(CCCCCCCC)CCCCCCCC)C[C@H](c3ccc(CO)cc3)O2)cc1. The van der Waals surface area contributed by atoms with Gasteiger partial charge < -0.3 is 24.2 Å². The number of aliphatic hydroxyl groups excluding tert-OH is 1. The molecule has 7 nitrogen and oxygen atoms in total. The number of benzene rings is 2. The lowest BCUT2D eigenvalue weighted by molar-refractivity contribution is -0.253. The zero-order chi connectivity index (χ0) is 32.1. The number of carbonyl (C=O) groups excluding carboxylic acids is 1. The molecule has 250 valence electrons. The third kappa shape index (κ3) is 14.1. The number of ether oxygens (including phenoxy) is 3. The molecule has 0 aliphatic carbocycles. The van der Waals surface area contributed by atoms with Gasteiger partial charge in [-0.15, -0.1) is 0 Å². The molecule has 2 aromatic rings. The summed E-state index contributed by atoms with van der Waals surface area (Å²) in [5, 5.41) is 12.3. The number of amides is 1. The van der Waals surface area contributed by atoms with Gasteiger partial charge in [0, 0.05) is 24.2 Å². The van der Waals surface area contributed by atoms with E-state index in [4.69, 9.17) is 14.2 Å². The van der Waals surface area contributed by atoms with Crippen molar-refractivity contribution in [3.8, 4) is 0 Å². The van der Waals surface area contributed by atoms with Crippen LogP contribution in [-0.4, -0.2) is 48.4 Å². The van der Waals surface area contributed by atoms with E-state index in [1.807, 2.05) is 36.4 Å². The molecule has 2 aromatic carbocycles. The maximum Gasteiger partial charge on any atom is 0.411 e. The molecule has 0 aromatic heterocycles. The second kappa shape index (κ2) is 21.9. The van der Waals surface area contributed by atoms with Crippen LogP contribution < -0.4 is 5.32 Å². The molecular weight excluding hydrogens is 564 g/mol. The number of nitrogens with one attached hydrogen (secondary N) is 1. The fourth-order valence-electron chi connectivity index (χ4n) is 5.86. The first-order valence-electron chi connectivity index (χ1n) is 17.4. The molecule has 1 aliphatic rings. The summed E-state index contributed by atoms with van der Waals surface area (Å²) in [6.07, 6.45) is 16.7. The van der Waals surface area contributed by atoms with Crippen molar-refractivity contribution >= 4 is 11.8 Å². The molecule has 2 N–H and O–H groups in total. The minimum absolute atomic E-state index is 0.0122. The smallest absolute Gasteiger partial charge is 0.411 e. The highest BCUT2D eigenvalue weighted by atomic mass is 16.7. The maximum absolute atomic E-state index is 12.0. The first kappa shape index (κ1) is 36.8. The lowest BCUT2D eigenvalue weighted by Crippen LogP contribution is -2.40. The van der Waals surface area contributed by atoms with Crippen molar-refractivity contribution in [2.75, 3.05) is 31.6 Å². The fourth-order valence-corrected chi connectivity index (χ4v) is 5.86. The molecule has 3 rings (SSSR count). The summed E-state index contributed by atoms with van der Waals surface area (Å²) in [4.78, 5) is 14.6. The molecule has 0 radical (unpaired) electrons. The van der Waals surface area contributed by atoms with Gasteiger partial charge in [-0.1, -0.05) is 127 Å². The average Bonchev–Trinajstić information content (AvgIpc) is 3.07. The molecule has 1 amide bonds. The van der Waals surface area contributed by atoms with E-state index in [2.05, 4.69) is 42.8 Å². The van der Waals surface area contributed by atoms with Crippen LogP contribution in [-0.2, 0) is 20.8 Å². The van der Waals surface area contributed by atoms with Gasteiger partial charge in [0.2, 0.25) is 0 Å². The first-order valence-corrected chi connectivity index (χ1v) is 17.4. The number of unbranched alkanes of at least 4 members (excludes halogenated alkanes) is 10. The highest BCUT2D eigenvalue weighted by Crippen LogP contribution is 2.38. The minimum atomic E-state index is -0.530. The van der Waals surface area contributed by atoms with Crippen molar-refractivity contribution in [3.05, 3.63) is 77.9 Å². The van der Waals surface area contributed by atoms with Gasteiger partial charge in [0.15, 0.2) is 6.29 Å². The molecule has 7 heteroatoms. The number of hydrogen-bond donors (Lipinski definition) is 2. The molecular formula is C38H58N2O5. The van der Waals surface area contributed by atoms with Crippen LogP contribution >= 0.6 is 0 Å². The maximum atomic E-state index is 12.0. The van der Waals surface area contributed by atoms with Crippen molar-refractivity contribution in [2.45, 2.75) is 122 Å². The number of hydrogen-bond acceptors (Lipinski definition) is 6. The van der Waals surface area contributed by atoms with E-state index in [0.29, 0.717) is 5.69 Å². The molecule has 1 heterocycles. The van der Waals surface area contributed by atoms with E-state index in [1.165, 1.54) is 83.1 Å². The van der Waals surface area contributed by atoms with Crippen molar-refractivity contribution in [1.82, 2.24) is 4.90 Å². The number of nitrogens with zero attached hydrogens (tertiary/aromatic N) is 1. The third-order valence-corrected chi connectivity index (χ3v) is 8.49. The predicted octanol–water partition coefficient (Wildman–Crippen LogP) is 9.48.